The van der Waals surface area contributed by atoms with Crippen LogP contribution in [0.5, 0.6) is 5.75 Å². The van der Waals surface area contributed by atoms with Crippen LogP contribution in [0.1, 0.15) is 18.4 Å². The first kappa shape index (κ1) is 13.1. The molecule has 3 rings (SSSR count). The first-order chi connectivity index (χ1) is 9.67. The maximum atomic E-state index is 12.4. The van der Waals surface area contributed by atoms with E-state index in [0.717, 1.165) is 0 Å². The number of rotatable bonds is 3. The predicted octanol–water partition coefficient (Wildman–Crippen LogP) is 0.575. The maximum absolute atomic E-state index is 12.4. The molecule has 106 valence electrons. The van der Waals surface area contributed by atoms with Gasteiger partial charge in [-0.3, -0.25) is 9.59 Å². The van der Waals surface area contributed by atoms with E-state index in [1.165, 1.54) is 12.0 Å². The fourth-order valence-corrected chi connectivity index (χ4v) is 2.77. The second-order valence-corrected chi connectivity index (χ2v) is 4.87. The number of nitrogens with zero attached hydrogens (tertiary/aromatic N) is 1. The van der Waals surface area contributed by atoms with E-state index in [4.69, 9.17) is 15.2 Å². The monoisotopic (exact) mass is 276 g/mol. The Hall–Kier alpha value is -1.92. The highest BCUT2D eigenvalue weighted by atomic mass is 16.5. The second kappa shape index (κ2) is 4.88. The lowest BCUT2D eigenvalue weighted by atomic mass is 10.1. The molecule has 0 aliphatic carbocycles. The first-order valence-corrected chi connectivity index (χ1v) is 6.56. The lowest BCUT2D eigenvalue weighted by Gasteiger charge is -2.32. The molecule has 2 saturated heterocycles. The number of para-hydroxylation sites is 1. The number of methoxy groups -OCH3 is 1. The Labute approximate surface area is 116 Å². The fraction of sp³-hybridized carbons (Fsp3) is 0.429. The number of imide groups is 1. The van der Waals surface area contributed by atoms with Crippen LogP contribution >= 0.6 is 0 Å². The Bertz CT molecular complexity index is 528. The van der Waals surface area contributed by atoms with Crippen molar-refractivity contribution < 1.29 is 19.1 Å². The average molecular weight is 276 g/mol. The zero-order valence-electron chi connectivity index (χ0n) is 11.2. The van der Waals surface area contributed by atoms with Crippen LogP contribution in [0.15, 0.2) is 18.2 Å². The summed E-state index contributed by atoms with van der Waals surface area (Å²) in [4.78, 5) is 26.0. The number of nitrogens with two attached hydrogens (primary N) is 1. The molecule has 2 atom stereocenters. The van der Waals surface area contributed by atoms with Crippen LogP contribution in [0.3, 0.4) is 0 Å². The van der Waals surface area contributed by atoms with Gasteiger partial charge in [0, 0.05) is 6.54 Å². The lowest BCUT2D eigenvalue weighted by Crippen LogP contribution is -2.52. The van der Waals surface area contributed by atoms with Crippen molar-refractivity contribution in [1.29, 1.82) is 0 Å². The normalized spacial score (nSPS) is 25.2. The van der Waals surface area contributed by atoms with E-state index >= 15 is 0 Å². The molecule has 2 amide bonds. The van der Waals surface area contributed by atoms with Gasteiger partial charge in [-0.05, 0) is 24.5 Å². The summed E-state index contributed by atoms with van der Waals surface area (Å²) < 4.78 is 10.7. The summed E-state index contributed by atoms with van der Waals surface area (Å²) in [5.41, 5.74) is 6.87. The van der Waals surface area contributed by atoms with E-state index in [9.17, 15) is 9.59 Å². The summed E-state index contributed by atoms with van der Waals surface area (Å²) in [6.45, 7) is 0.222. The Balaban J connectivity index is 2.12. The van der Waals surface area contributed by atoms with Crippen molar-refractivity contribution in [3.8, 4) is 5.75 Å². The topological polar surface area (TPSA) is 81.9 Å². The Morgan fingerprint density at radius 1 is 1.30 bits per heavy atom. The van der Waals surface area contributed by atoms with Crippen LogP contribution in [0.2, 0.25) is 0 Å². The molecule has 2 unspecified atom stereocenters. The smallest absolute Gasteiger partial charge is 0.263 e. The van der Waals surface area contributed by atoms with Gasteiger partial charge in [0.1, 0.15) is 18.0 Å². The molecule has 2 aliphatic rings. The Morgan fingerprint density at radius 3 is 2.50 bits per heavy atom. The van der Waals surface area contributed by atoms with Crippen LogP contribution < -0.4 is 15.4 Å². The molecule has 1 aromatic carbocycles. The maximum Gasteiger partial charge on any atom is 0.263 e. The highest BCUT2D eigenvalue weighted by Gasteiger charge is 2.48. The molecule has 0 spiro atoms. The average Bonchev–Trinajstić information content (AvgIpc) is 2.92. The van der Waals surface area contributed by atoms with Crippen molar-refractivity contribution in [3.05, 3.63) is 23.8 Å². The highest BCUT2D eigenvalue weighted by Crippen LogP contribution is 2.38. The summed E-state index contributed by atoms with van der Waals surface area (Å²) >= 11 is 0. The van der Waals surface area contributed by atoms with Crippen molar-refractivity contribution in [2.75, 3.05) is 12.0 Å². The van der Waals surface area contributed by atoms with Crippen LogP contribution in [-0.2, 0) is 20.9 Å². The quantitative estimate of drug-likeness (QED) is 0.816. The third-order valence-corrected chi connectivity index (χ3v) is 3.76. The molecule has 2 fully saturated rings. The van der Waals surface area contributed by atoms with E-state index in [1.807, 2.05) is 0 Å². The van der Waals surface area contributed by atoms with E-state index in [-0.39, 0.29) is 18.4 Å². The van der Waals surface area contributed by atoms with Gasteiger partial charge in [-0.15, -0.1) is 0 Å². The highest BCUT2D eigenvalue weighted by molar-refractivity contribution is 6.21. The van der Waals surface area contributed by atoms with Gasteiger partial charge in [-0.25, -0.2) is 4.90 Å². The molecule has 20 heavy (non-hydrogen) atoms. The number of hydrogen-bond donors (Lipinski definition) is 1. The van der Waals surface area contributed by atoms with Crippen molar-refractivity contribution in [1.82, 2.24) is 0 Å². The molecule has 6 heteroatoms. The number of morpholine rings is 1. The van der Waals surface area contributed by atoms with Gasteiger partial charge >= 0.3 is 0 Å². The van der Waals surface area contributed by atoms with Gasteiger partial charge in [-0.2, -0.15) is 0 Å². The third-order valence-electron chi connectivity index (χ3n) is 3.76. The van der Waals surface area contributed by atoms with E-state index in [1.54, 1.807) is 18.2 Å². The largest absolute Gasteiger partial charge is 0.495 e. The van der Waals surface area contributed by atoms with Crippen molar-refractivity contribution in [3.63, 3.8) is 0 Å². The summed E-state index contributed by atoms with van der Waals surface area (Å²) in [5.74, 6) is -0.193. The van der Waals surface area contributed by atoms with Gasteiger partial charge < -0.3 is 15.2 Å². The molecule has 0 saturated carbocycles. The minimum absolute atomic E-state index is 0.222. The minimum atomic E-state index is -0.534. The SMILES string of the molecule is COc1cccc(CN)c1N1C(=O)C2CCC(O2)C1=O. The summed E-state index contributed by atoms with van der Waals surface area (Å²) in [6, 6.07) is 5.29. The van der Waals surface area contributed by atoms with Crippen molar-refractivity contribution in [2.24, 2.45) is 5.73 Å². The molecule has 2 bridgehead atoms. The number of anilines is 1. The van der Waals surface area contributed by atoms with Crippen molar-refractivity contribution >= 4 is 17.5 Å². The standard InChI is InChI=1S/C14H16N2O4/c1-19-9-4-2-3-8(7-15)12(9)16-13(17)10-5-6-11(20-10)14(16)18/h2-4,10-11H,5-7,15H2,1H3. The number of amides is 2. The number of carbonyl (C=O) groups is 2. The predicted molar refractivity (Wildman–Crippen MR) is 71.3 cm³/mol. The number of carbonyl (C=O) groups excluding carboxylic acids is 2. The molecule has 6 nitrogen and oxygen atoms in total. The number of fused-ring (bicyclic) bond motifs is 2. The summed E-state index contributed by atoms with van der Waals surface area (Å²) in [6.07, 6.45) is 0.0963. The molecule has 2 aliphatic heterocycles. The number of ether oxygens (including phenoxy) is 2. The molecule has 0 radical (unpaired) electrons. The van der Waals surface area contributed by atoms with Crippen LogP contribution in [0, 0.1) is 0 Å². The summed E-state index contributed by atoms with van der Waals surface area (Å²) in [5, 5.41) is 0. The molecular formula is C14H16N2O4. The van der Waals surface area contributed by atoms with E-state index in [2.05, 4.69) is 0 Å². The van der Waals surface area contributed by atoms with Gasteiger partial charge in [0.05, 0.1) is 12.8 Å². The minimum Gasteiger partial charge on any atom is -0.495 e. The molecule has 2 heterocycles. The van der Waals surface area contributed by atoms with Crippen LogP contribution in [0.4, 0.5) is 5.69 Å². The fourth-order valence-electron chi connectivity index (χ4n) is 2.77. The van der Waals surface area contributed by atoms with Gasteiger partial charge in [0.15, 0.2) is 0 Å². The number of benzene rings is 1. The van der Waals surface area contributed by atoms with Crippen molar-refractivity contribution in [2.45, 2.75) is 31.6 Å². The summed E-state index contributed by atoms with van der Waals surface area (Å²) in [7, 11) is 1.50. The second-order valence-electron chi connectivity index (χ2n) is 4.87. The van der Waals surface area contributed by atoms with Gasteiger partial charge in [0.2, 0.25) is 0 Å². The zero-order chi connectivity index (χ0) is 14.3. The number of hydrogen-bond acceptors (Lipinski definition) is 5. The Kier molecular flexibility index (Phi) is 3.19. The first-order valence-electron chi connectivity index (χ1n) is 6.56. The van der Waals surface area contributed by atoms with Gasteiger partial charge in [-0.1, -0.05) is 12.1 Å². The van der Waals surface area contributed by atoms with E-state index < -0.39 is 12.2 Å². The molecule has 2 N–H and O–H groups in total. The van der Waals surface area contributed by atoms with Gasteiger partial charge in [0.25, 0.3) is 11.8 Å². The van der Waals surface area contributed by atoms with Crippen LogP contribution in [0.25, 0.3) is 0 Å². The Morgan fingerprint density at radius 2 is 1.95 bits per heavy atom. The molecule has 1 aromatic rings. The van der Waals surface area contributed by atoms with E-state index in [0.29, 0.717) is 29.8 Å². The molecule has 0 aromatic heterocycles. The molecular weight excluding hydrogens is 260 g/mol. The zero-order valence-corrected chi connectivity index (χ0v) is 11.2. The van der Waals surface area contributed by atoms with Crippen LogP contribution in [-0.4, -0.2) is 31.1 Å². The lowest BCUT2D eigenvalue weighted by molar-refractivity contribution is -0.146. The third kappa shape index (κ3) is 1.80.